The fourth-order valence-corrected chi connectivity index (χ4v) is 3.24. The van der Waals surface area contributed by atoms with Crippen LogP contribution in [0, 0.1) is 6.92 Å². The predicted molar refractivity (Wildman–Crippen MR) is 72.5 cm³/mol. The van der Waals surface area contributed by atoms with Crippen molar-refractivity contribution < 1.29 is 9.52 Å². The van der Waals surface area contributed by atoms with E-state index in [1.54, 1.807) is 18.0 Å². The summed E-state index contributed by atoms with van der Waals surface area (Å²) < 4.78 is 5.28. The number of hydrogen-bond acceptors (Lipinski definition) is 4. The van der Waals surface area contributed by atoms with Gasteiger partial charge in [-0.25, -0.2) is 0 Å². The van der Waals surface area contributed by atoms with Gasteiger partial charge in [0.25, 0.3) is 0 Å². The van der Waals surface area contributed by atoms with Gasteiger partial charge in [0, 0.05) is 15.7 Å². The van der Waals surface area contributed by atoms with Gasteiger partial charge in [-0.15, -0.1) is 11.8 Å². The molecule has 17 heavy (non-hydrogen) atoms. The number of aliphatic hydroxyl groups is 1. The number of aliphatic hydroxyl groups excluding tert-OH is 1. The largest absolute Gasteiger partial charge is 0.468 e. The molecule has 0 spiro atoms. The smallest absolute Gasteiger partial charge is 0.114 e. The van der Waals surface area contributed by atoms with Crippen LogP contribution < -0.4 is 5.32 Å². The van der Waals surface area contributed by atoms with E-state index in [-0.39, 0.29) is 12.1 Å². The lowest BCUT2D eigenvalue weighted by Crippen LogP contribution is -2.47. The van der Waals surface area contributed by atoms with Crippen molar-refractivity contribution >= 4 is 11.8 Å². The Kier molecular flexibility index (Phi) is 5.56. The van der Waals surface area contributed by atoms with Crippen LogP contribution >= 0.6 is 11.8 Å². The first-order valence-corrected chi connectivity index (χ1v) is 6.95. The van der Waals surface area contributed by atoms with Crippen LogP contribution in [0.1, 0.15) is 33.0 Å². The second kappa shape index (κ2) is 6.47. The molecular formula is C13H23NO2S. The minimum absolute atomic E-state index is 0.163. The van der Waals surface area contributed by atoms with Crippen LogP contribution in [0.4, 0.5) is 0 Å². The quantitative estimate of drug-likeness (QED) is 0.737. The molecule has 2 atom stereocenters. The van der Waals surface area contributed by atoms with Gasteiger partial charge in [0.2, 0.25) is 0 Å². The van der Waals surface area contributed by atoms with Gasteiger partial charge in [0.1, 0.15) is 5.76 Å². The molecule has 2 N–H and O–H groups in total. The maximum Gasteiger partial charge on any atom is 0.114 e. The summed E-state index contributed by atoms with van der Waals surface area (Å²) in [6.45, 7) is 9.32. The van der Waals surface area contributed by atoms with E-state index in [2.05, 4.69) is 26.1 Å². The fourth-order valence-electron chi connectivity index (χ4n) is 2.01. The first-order chi connectivity index (χ1) is 8.00. The topological polar surface area (TPSA) is 45.4 Å². The van der Waals surface area contributed by atoms with E-state index in [0.29, 0.717) is 5.25 Å². The van der Waals surface area contributed by atoms with Crippen LogP contribution in [-0.2, 0) is 0 Å². The molecule has 0 radical (unpaired) electrons. The summed E-state index contributed by atoms with van der Waals surface area (Å²) in [5.74, 6) is 0.969. The molecule has 98 valence electrons. The monoisotopic (exact) mass is 257 g/mol. The van der Waals surface area contributed by atoms with E-state index in [0.717, 1.165) is 18.7 Å². The molecule has 2 unspecified atom stereocenters. The average molecular weight is 257 g/mol. The van der Waals surface area contributed by atoms with Crippen LogP contribution in [-0.4, -0.2) is 29.0 Å². The maximum absolute atomic E-state index is 9.46. The average Bonchev–Trinajstić information content (AvgIpc) is 2.64. The van der Waals surface area contributed by atoms with Crippen LogP contribution in [0.15, 0.2) is 21.6 Å². The molecule has 0 fully saturated rings. The summed E-state index contributed by atoms with van der Waals surface area (Å²) in [6.07, 6.45) is 2.65. The second-order valence-electron chi connectivity index (χ2n) is 4.72. The van der Waals surface area contributed by atoms with Gasteiger partial charge < -0.3 is 14.8 Å². The first-order valence-electron chi connectivity index (χ1n) is 6.07. The number of hydrogen-bond donors (Lipinski definition) is 2. The van der Waals surface area contributed by atoms with Gasteiger partial charge in [-0.1, -0.05) is 13.8 Å². The van der Waals surface area contributed by atoms with Gasteiger partial charge in [-0.3, -0.25) is 0 Å². The Morgan fingerprint density at radius 3 is 2.76 bits per heavy atom. The lowest BCUT2D eigenvalue weighted by molar-refractivity contribution is 0.168. The minimum atomic E-state index is -0.196. The summed E-state index contributed by atoms with van der Waals surface area (Å²) in [6, 6.07) is 2.00. The highest BCUT2D eigenvalue weighted by Gasteiger charge is 2.25. The first kappa shape index (κ1) is 14.6. The normalized spacial score (nSPS) is 16.8. The number of thioether (sulfide) groups is 1. The highest BCUT2D eigenvalue weighted by Crippen LogP contribution is 2.31. The lowest BCUT2D eigenvalue weighted by atomic mass is 9.97. The molecule has 1 rings (SSSR count). The Bertz CT molecular complexity index is 340. The zero-order chi connectivity index (χ0) is 12.9. The molecule has 1 heterocycles. The van der Waals surface area contributed by atoms with Crippen LogP contribution in [0.3, 0.4) is 0 Å². The molecule has 0 saturated carbocycles. The van der Waals surface area contributed by atoms with E-state index < -0.39 is 0 Å². The maximum atomic E-state index is 9.46. The van der Waals surface area contributed by atoms with Crippen molar-refractivity contribution in [2.45, 2.75) is 49.8 Å². The minimum Gasteiger partial charge on any atom is -0.468 e. The van der Waals surface area contributed by atoms with Gasteiger partial charge in [-0.05, 0) is 32.9 Å². The van der Waals surface area contributed by atoms with Gasteiger partial charge in [0.05, 0.1) is 12.9 Å². The van der Waals surface area contributed by atoms with Crippen LogP contribution in [0.5, 0.6) is 0 Å². The summed E-state index contributed by atoms with van der Waals surface area (Å²) in [7, 11) is 0. The van der Waals surface area contributed by atoms with Gasteiger partial charge in [-0.2, -0.15) is 0 Å². The fraction of sp³-hybridized carbons (Fsp3) is 0.692. The van der Waals surface area contributed by atoms with Crippen molar-refractivity contribution in [3.8, 4) is 0 Å². The zero-order valence-electron chi connectivity index (χ0n) is 11.1. The Hall–Kier alpha value is -0.450. The summed E-state index contributed by atoms with van der Waals surface area (Å²) in [5.41, 5.74) is -0.196. The number of aryl methyl sites for hydroxylation is 1. The van der Waals surface area contributed by atoms with E-state index in [9.17, 15) is 5.11 Å². The number of furan rings is 1. The molecule has 0 saturated heterocycles. The number of nitrogens with one attached hydrogen (secondary N) is 1. The Labute approximate surface area is 108 Å². The molecule has 0 amide bonds. The van der Waals surface area contributed by atoms with Crippen molar-refractivity contribution in [1.29, 1.82) is 0 Å². The van der Waals surface area contributed by atoms with Crippen LogP contribution in [0.25, 0.3) is 0 Å². The Morgan fingerprint density at radius 1 is 1.59 bits per heavy atom. The number of likely N-dealkylation sites (N-methyl/N-ethyl adjacent to an activating group) is 1. The third-order valence-corrected chi connectivity index (χ3v) is 4.08. The standard InChI is InChI=1S/C13H23NO2S/c1-5-14-13(4,9-15)8-10(2)17-12-6-7-16-11(12)3/h6-7,10,14-15H,5,8-9H2,1-4H3. The van der Waals surface area contributed by atoms with Gasteiger partial charge >= 0.3 is 0 Å². The summed E-state index contributed by atoms with van der Waals surface area (Å²) in [5, 5.41) is 13.2. The molecule has 0 aliphatic rings. The molecule has 0 aliphatic carbocycles. The summed E-state index contributed by atoms with van der Waals surface area (Å²) in [4.78, 5) is 1.19. The lowest BCUT2D eigenvalue weighted by Gasteiger charge is -2.31. The Morgan fingerprint density at radius 2 is 2.29 bits per heavy atom. The van der Waals surface area contributed by atoms with Crippen molar-refractivity contribution in [2.75, 3.05) is 13.2 Å². The van der Waals surface area contributed by atoms with E-state index in [1.807, 2.05) is 13.0 Å². The highest BCUT2D eigenvalue weighted by molar-refractivity contribution is 8.00. The molecule has 0 bridgehead atoms. The molecule has 0 aromatic carbocycles. The van der Waals surface area contributed by atoms with Crippen molar-refractivity contribution in [3.05, 3.63) is 18.1 Å². The predicted octanol–water partition coefficient (Wildman–Crippen LogP) is 2.82. The van der Waals surface area contributed by atoms with E-state index in [1.165, 1.54) is 4.90 Å². The highest BCUT2D eigenvalue weighted by atomic mass is 32.2. The number of rotatable bonds is 7. The molecule has 1 aromatic rings. The van der Waals surface area contributed by atoms with Crippen molar-refractivity contribution in [3.63, 3.8) is 0 Å². The van der Waals surface area contributed by atoms with Crippen LogP contribution in [0.2, 0.25) is 0 Å². The third-order valence-electron chi connectivity index (χ3n) is 2.83. The molecule has 4 heteroatoms. The third kappa shape index (κ3) is 4.37. The summed E-state index contributed by atoms with van der Waals surface area (Å²) >= 11 is 1.80. The SMILES string of the molecule is CCNC(C)(CO)CC(C)Sc1ccoc1C. The molecule has 3 nitrogen and oxygen atoms in total. The second-order valence-corrected chi connectivity index (χ2v) is 6.20. The van der Waals surface area contributed by atoms with E-state index >= 15 is 0 Å². The molecule has 0 aliphatic heterocycles. The molecule has 1 aromatic heterocycles. The van der Waals surface area contributed by atoms with Gasteiger partial charge in [0.15, 0.2) is 0 Å². The molecular weight excluding hydrogens is 234 g/mol. The zero-order valence-corrected chi connectivity index (χ0v) is 11.9. The van der Waals surface area contributed by atoms with Crippen molar-refractivity contribution in [2.24, 2.45) is 0 Å². The Balaban J connectivity index is 2.53. The van der Waals surface area contributed by atoms with E-state index in [4.69, 9.17) is 4.42 Å². The van der Waals surface area contributed by atoms with Crippen molar-refractivity contribution in [1.82, 2.24) is 5.32 Å².